The molecule has 0 atom stereocenters. The van der Waals surface area contributed by atoms with Gasteiger partial charge in [-0.25, -0.2) is 8.42 Å². The highest BCUT2D eigenvalue weighted by Crippen LogP contribution is 2.42. The Bertz CT molecular complexity index is 895. The summed E-state index contributed by atoms with van der Waals surface area (Å²) >= 11 is 6.13. The number of hydrogen-bond donors (Lipinski definition) is 0. The molecule has 0 N–H and O–H groups in total. The number of halogens is 1. The number of sulfone groups is 1. The van der Waals surface area contributed by atoms with Gasteiger partial charge >= 0.3 is 0 Å². The molecular weight excluding hydrogens is 328 g/mol. The van der Waals surface area contributed by atoms with E-state index in [1.54, 1.807) is 12.1 Å². The molecule has 23 heavy (non-hydrogen) atoms. The molecule has 0 heterocycles. The van der Waals surface area contributed by atoms with Crippen LogP contribution in [0.5, 0.6) is 0 Å². The molecule has 2 nitrogen and oxygen atoms in total. The highest BCUT2D eigenvalue weighted by Gasteiger charge is 2.22. The van der Waals surface area contributed by atoms with Gasteiger partial charge in [0.25, 0.3) is 0 Å². The van der Waals surface area contributed by atoms with Crippen molar-refractivity contribution in [3.8, 4) is 0 Å². The van der Waals surface area contributed by atoms with Crippen LogP contribution in [-0.4, -0.2) is 14.7 Å². The van der Waals surface area contributed by atoms with E-state index in [1.165, 1.54) is 11.8 Å². The molecule has 0 aliphatic heterocycles. The Morgan fingerprint density at radius 2 is 1.70 bits per heavy atom. The first kappa shape index (κ1) is 16.3. The van der Waals surface area contributed by atoms with Crippen LogP contribution >= 0.6 is 11.6 Å². The summed E-state index contributed by atoms with van der Waals surface area (Å²) in [7, 11) is -3.25. The Morgan fingerprint density at radius 3 is 2.39 bits per heavy atom. The van der Waals surface area contributed by atoms with E-state index in [1.807, 2.05) is 31.2 Å². The van der Waals surface area contributed by atoms with Crippen LogP contribution in [0.25, 0.3) is 11.1 Å². The Balaban J connectivity index is 2.20. The summed E-state index contributed by atoms with van der Waals surface area (Å²) in [6.07, 6.45) is 4.19. The molecular formula is C19H19ClO2S. The zero-order valence-corrected chi connectivity index (χ0v) is 14.8. The highest BCUT2D eigenvalue weighted by atomic mass is 35.5. The fourth-order valence-electron chi connectivity index (χ4n) is 3.23. The predicted octanol–water partition coefficient (Wildman–Crippen LogP) is 5.15. The molecule has 0 spiro atoms. The van der Waals surface area contributed by atoms with E-state index >= 15 is 0 Å². The Hall–Kier alpha value is -1.58. The second-order valence-electron chi connectivity index (χ2n) is 6.04. The van der Waals surface area contributed by atoms with Crippen molar-refractivity contribution in [2.45, 2.75) is 31.1 Å². The van der Waals surface area contributed by atoms with Crippen LogP contribution in [0.3, 0.4) is 0 Å². The fourth-order valence-corrected chi connectivity index (χ4v) is 4.27. The third kappa shape index (κ3) is 3.22. The van der Waals surface area contributed by atoms with E-state index in [2.05, 4.69) is 6.07 Å². The molecule has 0 amide bonds. The summed E-state index contributed by atoms with van der Waals surface area (Å²) in [6, 6.07) is 13.3. The summed E-state index contributed by atoms with van der Waals surface area (Å²) in [5.41, 5.74) is 5.41. The van der Waals surface area contributed by atoms with Gasteiger partial charge in [0.05, 0.1) is 4.90 Å². The molecule has 3 rings (SSSR count). The maximum atomic E-state index is 12.1. The average molecular weight is 347 g/mol. The van der Waals surface area contributed by atoms with E-state index in [-0.39, 0.29) is 0 Å². The summed E-state index contributed by atoms with van der Waals surface area (Å²) in [5.74, 6) is 0. The Kier molecular flexibility index (Phi) is 4.35. The van der Waals surface area contributed by atoms with Gasteiger partial charge in [-0.05, 0) is 66.2 Å². The minimum absolute atomic E-state index is 0.417. The van der Waals surface area contributed by atoms with Crippen molar-refractivity contribution < 1.29 is 8.42 Å². The number of rotatable bonds is 3. The maximum Gasteiger partial charge on any atom is 0.176 e. The van der Waals surface area contributed by atoms with Gasteiger partial charge in [0.1, 0.15) is 0 Å². The van der Waals surface area contributed by atoms with E-state index in [0.29, 0.717) is 4.90 Å². The molecule has 2 aromatic carbocycles. The molecule has 1 aliphatic carbocycles. The van der Waals surface area contributed by atoms with Gasteiger partial charge < -0.3 is 0 Å². The van der Waals surface area contributed by atoms with Gasteiger partial charge in [0.15, 0.2) is 9.84 Å². The molecule has 0 bridgehead atoms. The van der Waals surface area contributed by atoms with E-state index < -0.39 is 9.84 Å². The van der Waals surface area contributed by atoms with Crippen LogP contribution in [-0.2, 0) is 9.84 Å². The number of allylic oxidation sites excluding steroid dienone is 2. The third-order valence-corrected chi connectivity index (χ3v) is 5.91. The van der Waals surface area contributed by atoms with Crippen molar-refractivity contribution in [1.29, 1.82) is 0 Å². The van der Waals surface area contributed by atoms with Crippen molar-refractivity contribution in [3.05, 3.63) is 64.2 Å². The van der Waals surface area contributed by atoms with Gasteiger partial charge in [-0.1, -0.05) is 41.9 Å². The van der Waals surface area contributed by atoms with Crippen molar-refractivity contribution in [1.82, 2.24) is 0 Å². The topological polar surface area (TPSA) is 34.1 Å². The number of aryl methyl sites for hydroxylation is 1. The second-order valence-corrected chi connectivity index (χ2v) is 8.43. The second kappa shape index (κ2) is 6.14. The van der Waals surface area contributed by atoms with Crippen molar-refractivity contribution in [2.75, 3.05) is 6.26 Å². The lowest BCUT2D eigenvalue weighted by molar-refractivity contribution is 0.601. The monoisotopic (exact) mass is 346 g/mol. The van der Waals surface area contributed by atoms with Crippen LogP contribution in [0.15, 0.2) is 47.4 Å². The molecule has 4 heteroatoms. The number of hydrogen-bond acceptors (Lipinski definition) is 2. The normalized spacial score (nSPS) is 15.3. The Morgan fingerprint density at radius 1 is 1.00 bits per heavy atom. The molecule has 2 aromatic rings. The van der Waals surface area contributed by atoms with E-state index in [4.69, 9.17) is 11.6 Å². The van der Waals surface area contributed by atoms with Gasteiger partial charge in [-0.15, -0.1) is 0 Å². The quantitative estimate of drug-likeness (QED) is 0.770. The summed E-state index contributed by atoms with van der Waals surface area (Å²) in [6.45, 7) is 1.99. The van der Waals surface area contributed by atoms with Gasteiger partial charge in [-0.3, -0.25) is 0 Å². The van der Waals surface area contributed by atoms with Crippen LogP contribution in [0.1, 0.15) is 36.0 Å². The molecule has 0 saturated carbocycles. The van der Waals surface area contributed by atoms with Crippen LogP contribution in [0.4, 0.5) is 0 Å². The van der Waals surface area contributed by atoms with Crippen LogP contribution < -0.4 is 0 Å². The lowest BCUT2D eigenvalue weighted by Gasteiger charge is -2.13. The van der Waals surface area contributed by atoms with Crippen molar-refractivity contribution >= 4 is 32.6 Å². The highest BCUT2D eigenvalue weighted by molar-refractivity contribution is 7.90. The van der Waals surface area contributed by atoms with E-state index in [0.717, 1.165) is 46.5 Å². The minimum Gasteiger partial charge on any atom is -0.224 e. The first-order chi connectivity index (χ1) is 10.9. The molecule has 1 aliphatic rings. The zero-order chi connectivity index (χ0) is 16.6. The fraction of sp³-hybridized carbons (Fsp3) is 0.263. The number of benzene rings is 2. The standard InChI is InChI=1S/C19H19ClO2S/c1-13-12-14(10-11-18(13)20)15-7-5-8-16(15)17-6-3-4-9-19(17)23(2,21)22/h3-4,6,9-12H,5,7-8H2,1-2H3. The molecule has 0 fully saturated rings. The average Bonchev–Trinajstić information content (AvgIpc) is 2.98. The minimum atomic E-state index is -3.25. The predicted molar refractivity (Wildman–Crippen MR) is 96.4 cm³/mol. The van der Waals surface area contributed by atoms with Crippen molar-refractivity contribution in [2.24, 2.45) is 0 Å². The summed E-state index contributed by atoms with van der Waals surface area (Å²) in [5, 5.41) is 0.755. The maximum absolute atomic E-state index is 12.1. The van der Waals surface area contributed by atoms with E-state index in [9.17, 15) is 8.42 Å². The summed E-state index contributed by atoms with van der Waals surface area (Å²) < 4.78 is 24.2. The molecule has 0 aromatic heterocycles. The van der Waals surface area contributed by atoms with Crippen LogP contribution in [0, 0.1) is 6.92 Å². The van der Waals surface area contributed by atoms with Crippen LogP contribution in [0.2, 0.25) is 5.02 Å². The zero-order valence-electron chi connectivity index (χ0n) is 13.3. The van der Waals surface area contributed by atoms with Gasteiger partial charge in [-0.2, -0.15) is 0 Å². The van der Waals surface area contributed by atoms with Gasteiger partial charge in [0, 0.05) is 11.3 Å². The molecule has 0 radical (unpaired) electrons. The smallest absolute Gasteiger partial charge is 0.176 e. The third-order valence-electron chi connectivity index (χ3n) is 4.34. The lowest BCUT2D eigenvalue weighted by Crippen LogP contribution is -2.02. The SMILES string of the molecule is Cc1cc(C2=C(c3ccccc3S(C)(=O)=O)CCC2)ccc1Cl. The largest absolute Gasteiger partial charge is 0.224 e. The van der Waals surface area contributed by atoms with Gasteiger partial charge in [0.2, 0.25) is 0 Å². The van der Waals surface area contributed by atoms with Crippen molar-refractivity contribution in [3.63, 3.8) is 0 Å². The molecule has 0 unspecified atom stereocenters. The first-order valence-electron chi connectivity index (χ1n) is 7.66. The lowest BCUT2D eigenvalue weighted by atomic mass is 9.96. The Labute approximate surface area is 142 Å². The summed E-state index contributed by atoms with van der Waals surface area (Å²) in [4.78, 5) is 0.417. The molecule has 120 valence electrons. The molecule has 0 saturated heterocycles. The first-order valence-corrected chi connectivity index (χ1v) is 9.93.